The van der Waals surface area contributed by atoms with E-state index in [4.69, 9.17) is 14.9 Å². The molecule has 0 saturated heterocycles. The number of anilines is 1. The molecule has 0 fully saturated rings. The van der Waals surface area contributed by atoms with Crippen LogP contribution >= 0.6 is 0 Å². The van der Waals surface area contributed by atoms with Crippen LogP contribution in [0.2, 0.25) is 0 Å². The highest BCUT2D eigenvalue weighted by molar-refractivity contribution is 5.94. The van der Waals surface area contributed by atoms with Crippen LogP contribution in [-0.2, 0) is 0 Å². The van der Waals surface area contributed by atoms with E-state index in [1.54, 1.807) is 0 Å². The standard InChI is InChI=1S/C10H9NO5/c12-9(13)6-1-2-8-7(5-6)11(10(14)15)3-4-16-8/h1-2,5H,3-4H2,(H,12,13)(H,14,15). The molecule has 0 saturated carbocycles. The summed E-state index contributed by atoms with van der Waals surface area (Å²) in [6, 6.07) is 4.14. The third-order valence-corrected chi connectivity index (χ3v) is 2.30. The van der Waals surface area contributed by atoms with Gasteiger partial charge in [-0.1, -0.05) is 0 Å². The van der Waals surface area contributed by atoms with Crippen molar-refractivity contribution in [3.63, 3.8) is 0 Å². The van der Waals surface area contributed by atoms with Crippen LogP contribution in [0.25, 0.3) is 0 Å². The van der Waals surface area contributed by atoms with Crippen molar-refractivity contribution in [1.29, 1.82) is 0 Å². The van der Waals surface area contributed by atoms with Gasteiger partial charge in [0.25, 0.3) is 0 Å². The van der Waals surface area contributed by atoms with E-state index >= 15 is 0 Å². The van der Waals surface area contributed by atoms with Gasteiger partial charge in [-0.2, -0.15) is 0 Å². The summed E-state index contributed by atoms with van der Waals surface area (Å²) in [7, 11) is 0. The summed E-state index contributed by atoms with van der Waals surface area (Å²) >= 11 is 0. The fourth-order valence-electron chi connectivity index (χ4n) is 1.55. The lowest BCUT2D eigenvalue weighted by atomic mass is 10.1. The third-order valence-electron chi connectivity index (χ3n) is 2.30. The lowest BCUT2D eigenvalue weighted by Gasteiger charge is -2.27. The molecular weight excluding hydrogens is 214 g/mol. The molecule has 0 aromatic heterocycles. The van der Waals surface area contributed by atoms with Gasteiger partial charge in [-0.05, 0) is 18.2 Å². The summed E-state index contributed by atoms with van der Waals surface area (Å²) in [6.07, 6.45) is -1.12. The molecule has 1 aliphatic heterocycles. The average molecular weight is 223 g/mol. The van der Waals surface area contributed by atoms with Gasteiger partial charge < -0.3 is 14.9 Å². The lowest BCUT2D eigenvalue weighted by Crippen LogP contribution is -2.36. The minimum atomic E-state index is -1.12. The molecule has 0 bridgehead atoms. The van der Waals surface area contributed by atoms with Gasteiger partial charge in [0.15, 0.2) is 0 Å². The number of aromatic carboxylic acids is 1. The molecule has 16 heavy (non-hydrogen) atoms. The molecule has 2 N–H and O–H groups in total. The quantitative estimate of drug-likeness (QED) is 0.748. The molecule has 1 heterocycles. The fourth-order valence-corrected chi connectivity index (χ4v) is 1.55. The number of fused-ring (bicyclic) bond motifs is 1. The second-order valence-electron chi connectivity index (χ2n) is 3.27. The first-order valence-electron chi connectivity index (χ1n) is 4.60. The van der Waals surface area contributed by atoms with Gasteiger partial charge in [0.1, 0.15) is 12.4 Å². The number of carbonyl (C=O) groups is 2. The van der Waals surface area contributed by atoms with Crippen molar-refractivity contribution in [2.75, 3.05) is 18.1 Å². The van der Waals surface area contributed by atoms with Crippen molar-refractivity contribution in [1.82, 2.24) is 0 Å². The highest BCUT2D eigenvalue weighted by atomic mass is 16.5. The second-order valence-corrected chi connectivity index (χ2v) is 3.27. The Morgan fingerprint density at radius 1 is 1.31 bits per heavy atom. The van der Waals surface area contributed by atoms with Gasteiger partial charge in [0.05, 0.1) is 17.8 Å². The van der Waals surface area contributed by atoms with Crippen molar-refractivity contribution in [2.24, 2.45) is 0 Å². The highest BCUT2D eigenvalue weighted by Gasteiger charge is 2.24. The van der Waals surface area contributed by atoms with Crippen molar-refractivity contribution < 1.29 is 24.5 Å². The summed E-state index contributed by atoms with van der Waals surface area (Å²) in [6.45, 7) is 0.469. The Morgan fingerprint density at radius 2 is 2.06 bits per heavy atom. The fraction of sp³-hybridized carbons (Fsp3) is 0.200. The van der Waals surface area contributed by atoms with E-state index in [1.807, 2.05) is 0 Å². The van der Waals surface area contributed by atoms with Crippen LogP contribution in [0.1, 0.15) is 10.4 Å². The molecular formula is C10H9NO5. The van der Waals surface area contributed by atoms with E-state index in [-0.39, 0.29) is 24.4 Å². The zero-order valence-electron chi connectivity index (χ0n) is 8.21. The molecule has 6 heteroatoms. The second kappa shape index (κ2) is 3.73. The van der Waals surface area contributed by atoms with Crippen LogP contribution in [0, 0.1) is 0 Å². The van der Waals surface area contributed by atoms with E-state index in [2.05, 4.69) is 0 Å². The van der Waals surface area contributed by atoms with Crippen LogP contribution < -0.4 is 9.64 Å². The number of ether oxygens (including phenoxy) is 1. The van der Waals surface area contributed by atoms with E-state index in [0.29, 0.717) is 5.75 Å². The van der Waals surface area contributed by atoms with Crippen LogP contribution in [0.15, 0.2) is 18.2 Å². The monoisotopic (exact) mass is 223 g/mol. The lowest BCUT2D eigenvalue weighted by molar-refractivity contribution is 0.0696. The van der Waals surface area contributed by atoms with Crippen molar-refractivity contribution in [3.05, 3.63) is 23.8 Å². The first-order valence-corrected chi connectivity index (χ1v) is 4.60. The maximum absolute atomic E-state index is 10.9. The van der Waals surface area contributed by atoms with Gasteiger partial charge in [0, 0.05) is 0 Å². The topological polar surface area (TPSA) is 87.1 Å². The Morgan fingerprint density at radius 3 is 2.69 bits per heavy atom. The number of carboxylic acid groups (broad SMARTS) is 2. The molecule has 0 radical (unpaired) electrons. The maximum atomic E-state index is 10.9. The normalized spacial score (nSPS) is 13.9. The van der Waals surface area contributed by atoms with E-state index < -0.39 is 12.1 Å². The Kier molecular flexibility index (Phi) is 2.40. The number of benzene rings is 1. The number of hydrogen-bond donors (Lipinski definition) is 2. The Hall–Kier alpha value is -2.24. The van der Waals surface area contributed by atoms with Crippen LogP contribution in [0.5, 0.6) is 5.75 Å². The summed E-state index contributed by atoms with van der Waals surface area (Å²) in [5.74, 6) is -0.711. The molecule has 84 valence electrons. The van der Waals surface area contributed by atoms with Crippen LogP contribution in [0.4, 0.5) is 10.5 Å². The average Bonchev–Trinajstić information content (AvgIpc) is 2.27. The van der Waals surface area contributed by atoms with Gasteiger partial charge in [-0.15, -0.1) is 0 Å². The van der Waals surface area contributed by atoms with E-state index in [0.717, 1.165) is 4.90 Å². The SMILES string of the molecule is O=C(O)c1ccc2c(c1)N(C(=O)O)CCO2. The zero-order chi connectivity index (χ0) is 11.7. The molecule has 1 amide bonds. The zero-order valence-corrected chi connectivity index (χ0v) is 8.21. The maximum Gasteiger partial charge on any atom is 0.412 e. The number of carboxylic acids is 1. The molecule has 0 unspecified atom stereocenters. The molecule has 6 nitrogen and oxygen atoms in total. The molecule has 0 aliphatic carbocycles. The summed E-state index contributed by atoms with van der Waals surface area (Å²) < 4.78 is 5.24. The molecule has 0 atom stereocenters. The van der Waals surface area contributed by atoms with Gasteiger partial charge >= 0.3 is 12.1 Å². The largest absolute Gasteiger partial charge is 0.490 e. The van der Waals surface area contributed by atoms with Crippen LogP contribution in [-0.4, -0.2) is 35.4 Å². The first kappa shape index (κ1) is 10.3. The molecule has 1 aliphatic rings. The Bertz CT molecular complexity index is 457. The minimum Gasteiger partial charge on any atom is -0.490 e. The van der Waals surface area contributed by atoms with Crippen molar-refractivity contribution in [3.8, 4) is 5.75 Å². The summed E-state index contributed by atoms with van der Waals surface area (Å²) in [5.41, 5.74) is 0.314. The van der Waals surface area contributed by atoms with Crippen molar-refractivity contribution >= 4 is 17.7 Å². The minimum absolute atomic E-state index is 0.0375. The van der Waals surface area contributed by atoms with E-state index in [9.17, 15) is 9.59 Å². The highest BCUT2D eigenvalue weighted by Crippen LogP contribution is 2.32. The third kappa shape index (κ3) is 1.65. The Labute approximate surface area is 90.7 Å². The number of rotatable bonds is 1. The summed E-state index contributed by atoms with van der Waals surface area (Å²) in [5, 5.41) is 17.7. The molecule has 2 rings (SSSR count). The van der Waals surface area contributed by atoms with Crippen molar-refractivity contribution in [2.45, 2.75) is 0 Å². The smallest absolute Gasteiger partial charge is 0.412 e. The number of amides is 1. The van der Waals surface area contributed by atoms with Crippen LogP contribution in [0.3, 0.4) is 0 Å². The predicted octanol–water partition coefficient (Wildman–Crippen LogP) is 1.26. The number of hydrogen-bond acceptors (Lipinski definition) is 3. The van der Waals surface area contributed by atoms with E-state index in [1.165, 1.54) is 18.2 Å². The molecule has 0 spiro atoms. The molecule has 1 aromatic carbocycles. The first-order chi connectivity index (χ1) is 7.59. The number of nitrogens with zero attached hydrogens (tertiary/aromatic N) is 1. The summed E-state index contributed by atoms with van der Waals surface area (Å²) in [4.78, 5) is 22.8. The molecule has 1 aromatic rings. The van der Waals surface area contributed by atoms with Gasteiger partial charge in [0.2, 0.25) is 0 Å². The Balaban J connectivity index is 2.48. The van der Waals surface area contributed by atoms with Gasteiger partial charge in [-0.3, -0.25) is 4.90 Å². The van der Waals surface area contributed by atoms with Gasteiger partial charge in [-0.25, -0.2) is 9.59 Å². The predicted molar refractivity (Wildman–Crippen MR) is 54.3 cm³/mol.